The number of fused-ring (bicyclic) bond motifs is 1. The number of nitrogens with zero attached hydrogens (tertiary/aromatic N) is 1. The third kappa shape index (κ3) is 3.79. The predicted octanol–water partition coefficient (Wildman–Crippen LogP) is 5.93. The highest BCUT2D eigenvalue weighted by Crippen LogP contribution is 2.42. The monoisotopic (exact) mass is 479 g/mol. The van der Waals surface area contributed by atoms with Crippen molar-refractivity contribution in [3.05, 3.63) is 98.6 Å². The SMILES string of the molecule is COc1ccc(CN2C(=O)C(O)=C(C(=O)c3cc4cc(Cl)ccc4o3)C2c2cccs2)cc1. The lowest BCUT2D eigenvalue weighted by Crippen LogP contribution is -2.30. The Morgan fingerprint density at radius 3 is 2.67 bits per heavy atom. The van der Waals surface area contributed by atoms with Crippen LogP contribution < -0.4 is 4.74 Å². The molecule has 0 bridgehead atoms. The van der Waals surface area contributed by atoms with Crippen LogP contribution in [-0.4, -0.2) is 28.8 Å². The summed E-state index contributed by atoms with van der Waals surface area (Å²) in [6.45, 7) is 0.210. The maximum absolute atomic E-state index is 13.5. The Bertz CT molecular complexity index is 1390. The van der Waals surface area contributed by atoms with E-state index in [1.807, 2.05) is 29.6 Å². The topological polar surface area (TPSA) is 80.0 Å². The second-order valence-electron chi connectivity index (χ2n) is 7.58. The summed E-state index contributed by atoms with van der Waals surface area (Å²) in [5.74, 6) is -0.974. The molecular formula is C25H18ClNO5S. The van der Waals surface area contributed by atoms with Crippen molar-refractivity contribution in [2.24, 2.45) is 0 Å². The fraction of sp³-hybridized carbons (Fsp3) is 0.120. The number of ether oxygens (including phenoxy) is 1. The maximum atomic E-state index is 13.5. The van der Waals surface area contributed by atoms with Gasteiger partial charge in [0, 0.05) is 21.8 Å². The molecular weight excluding hydrogens is 462 g/mol. The summed E-state index contributed by atoms with van der Waals surface area (Å²) in [6.07, 6.45) is 0. The smallest absolute Gasteiger partial charge is 0.290 e. The Morgan fingerprint density at radius 1 is 1.18 bits per heavy atom. The molecule has 1 N–H and O–H groups in total. The molecule has 1 amide bonds. The van der Waals surface area contributed by atoms with E-state index in [1.165, 1.54) is 16.2 Å². The minimum Gasteiger partial charge on any atom is -0.503 e. The Balaban J connectivity index is 1.54. The fourth-order valence-corrected chi connectivity index (χ4v) is 5.00. The molecule has 0 saturated heterocycles. The number of methoxy groups -OCH3 is 1. The van der Waals surface area contributed by atoms with Gasteiger partial charge in [0.2, 0.25) is 5.78 Å². The first kappa shape index (κ1) is 21.3. The average Bonchev–Trinajstić information content (AvgIpc) is 3.54. The zero-order chi connectivity index (χ0) is 23.1. The van der Waals surface area contributed by atoms with Crippen LogP contribution in [0.2, 0.25) is 5.02 Å². The number of rotatable bonds is 6. The summed E-state index contributed by atoms with van der Waals surface area (Å²) >= 11 is 7.46. The Hall–Kier alpha value is -3.55. The maximum Gasteiger partial charge on any atom is 0.290 e. The quantitative estimate of drug-likeness (QED) is 0.346. The van der Waals surface area contributed by atoms with Gasteiger partial charge in [-0.3, -0.25) is 9.59 Å². The summed E-state index contributed by atoms with van der Waals surface area (Å²) < 4.78 is 10.9. The third-order valence-electron chi connectivity index (χ3n) is 5.58. The zero-order valence-electron chi connectivity index (χ0n) is 17.4. The largest absolute Gasteiger partial charge is 0.503 e. The van der Waals surface area contributed by atoms with E-state index in [0.717, 1.165) is 10.4 Å². The molecule has 1 aliphatic heterocycles. The molecule has 0 fully saturated rings. The van der Waals surface area contributed by atoms with Crippen molar-refractivity contribution < 1.29 is 23.8 Å². The summed E-state index contributed by atoms with van der Waals surface area (Å²) in [6, 6.07) is 16.9. The molecule has 5 rings (SSSR count). The highest BCUT2D eigenvalue weighted by molar-refractivity contribution is 7.10. The van der Waals surface area contributed by atoms with Crippen molar-refractivity contribution in [3.8, 4) is 5.75 Å². The Morgan fingerprint density at radius 2 is 1.97 bits per heavy atom. The average molecular weight is 480 g/mol. The third-order valence-corrected chi connectivity index (χ3v) is 6.73. The summed E-state index contributed by atoms with van der Waals surface area (Å²) in [4.78, 5) is 28.9. The first-order valence-electron chi connectivity index (χ1n) is 10.1. The molecule has 4 aromatic rings. The van der Waals surface area contributed by atoms with Crippen LogP contribution in [-0.2, 0) is 11.3 Å². The number of ketones is 1. The van der Waals surface area contributed by atoms with Crippen molar-refractivity contribution in [2.75, 3.05) is 7.11 Å². The highest BCUT2D eigenvalue weighted by Gasteiger charge is 2.45. The summed E-state index contributed by atoms with van der Waals surface area (Å²) in [5.41, 5.74) is 1.33. The summed E-state index contributed by atoms with van der Waals surface area (Å²) in [7, 11) is 1.58. The van der Waals surface area contributed by atoms with Gasteiger partial charge in [-0.1, -0.05) is 29.8 Å². The van der Waals surface area contributed by atoms with E-state index in [0.29, 0.717) is 21.7 Å². The lowest BCUT2D eigenvalue weighted by molar-refractivity contribution is -0.130. The second kappa shape index (κ2) is 8.42. The number of carbonyl (C=O) groups is 2. The number of halogens is 1. The van der Waals surface area contributed by atoms with E-state index >= 15 is 0 Å². The van der Waals surface area contributed by atoms with Gasteiger partial charge in [0.15, 0.2) is 11.5 Å². The van der Waals surface area contributed by atoms with E-state index in [9.17, 15) is 14.7 Å². The van der Waals surface area contributed by atoms with E-state index in [2.05, 4.69) is 0 Å². The van der Waals surface area contributed by atoms with Gasteiger partial charge in [0.1, 0.15) is 17.4 Å². The van der Waals surface area contributed by atoms with Crippen LogP contribution in [0, 0.1) is 0 Å². The number of aliphatic hydroxyl groups is 1. The van der Waals surface area contributed by atoms with Gasteiger partial charge in [-0.05, 0) is 53.4 Å². The number of carbonyl (C=O) groups excluding carboxylic acids is 2. The molecule has 0 radical (unpaired) electrons. The Kier molecular flexibility index (Phi) is 5.44. The first-order valence-corrected chi connectivity index (χ1v) is 11.4. The fourth-order valence-electron chi connectivity index (χ4n) is 3.98. The van der Waals surface area contributed by atoms with Gasteiger partial charge in [-0.15, -0.1) is 11.3 Å². The van der Waals surface area contributed by atoms with Crippen LogP contribution in [0.3, 0.4) is 0 Å². The molecule has 1 atom stereocenters. The molecule has 8 heteroatoms. The van der Waals surface area contributed by atoms with Crippen LogP contribution in [0.5, 0.6) is 5.75 Å². The normalized spacial score (nSPS) is 16.1. The molecule has 0 saturated carbocycles. The van der Waals surface area contributed by atoms with E-state index in [4.69, 9.17) is 20.8 Å². The van der Waals surface area contributed by atoms with Gasteiger partial charge in [-0.25, -0.2) is 0 Å². The molecule has 0 spiro atoms. The van der Waals surface area contributed by atoms with Gasteiger partial charge in [0.25, 0.3) is 5.91 Å². The number of hydrogen-bond acceptors (Lipinski definition) is 6. The number of aliphatic hydroxyl groups excluding tert-OH is 1. The Labute approximate surface area is 198 Å². The van der Waals surface area contributed by atoms with Gasteiger partial charge >= 0.3 is 0 Å². The van der Waals surface area contributed by atoms with E-state index in [1.54, 1.807) is 43.5 Å². The van der Waals surface area contributed by atoms with E-state index in [-0.39, 0.29) is 17.9 Å². The first-order chi connectivity index (χ1) is 16.0. The molecule has 6 nitrogen and oxygen atoms in total. The number of thiophene rings is 1. The number of Topliss-reactive ketones (excluding diaryl/α,β-unsaturated/α-hetero) is 1. The number of furan rings is 1. The van der Waals surface area contributed by atoms with Crippen molar-refractivity contribution in [2.45, 2.75) is 12.6 Å². The molecule has 166 valence electrons. The molecule has 1 unspecified atom stereocenters. The van der Waals surface area contributed by atoms with E-state index < -0.39 is 23.5 Å². The minimum atomic E-state index is -0.732. The predicted molar refractivity (Wildman–Crippen MR) is 126 cm³/mol. The van der Waals surface area contributed by atoms with Crippen LogP contribution in [0.4, 0.5) is 0 Å². The highest BCUT2D eigenvalue weighted by atomic mass is 35.5. The van der Waals surface area contributed by atoms with Gasteiger partial charge in [0.05, 0.1) is 12.7 Å². The molecule has 2 aromatic heterocycles. The molecule has 1 aliphatic rings. The van der Waals surface area contributed by atoms with Crippen LogP contribution in [0.25, 0.3) is 11.0 Å². The van der Waals surface area contributed by atoms with Crippen LogP contribution >= 0.6 is 22.9 Å². The van der Waals surface area contributed by atoms with Crippen molar-refractivity contribution >= 4 is 45.6 Å². The zero-order valence-corrected chi connectivity index (χ0v) is 19.0. The minimum absolute atomic E-state index is 0.00103. The van der Waals surface area contributed by atoms with Crippen LogP contribution in [0.1, 0.15) is 27.0 Å². The molecule has 3 heterocycles. The molecule has 0 aliphatic carbocycles. The lowest BCUT2D eigenvalue weighted by atomic mass is 10.00. The second-order valence-corrected chi connectivity index (χ2v) is 9.00. The van der Waals surface area contributed by atoms with Crippen molar-refractivity contribution in [3.63, 3.8) is 0 Å². The molecule has 2 aromatic carbocycles. The van der Waals surface area contributed by atoms with Crippen LogP contribution in [0.15, 0.2) is 81.8 Å². The molecule has 33 heavy (non-hydrogen) atoms. The van der Waals surface area contributed by atoms with Gasteiger partial charge < -0.3 is 19.2 Å². The standard InChI is InChI=1S/C25H18ClNO5S/c1-31-17-7-4-14(5-8-17)13-27-22(20-3-2-10-33-20)21(24(29)25(27)30)23(28)19-12-15-11-16(26)6-9-18(15)32-19/h2-12,22,29H,13H2,1H3. The van der Waals surface area contributed by atoms with Crippen molar-refractivity contribution in [1.82, 2.24) is 4.90 Å². The number of amides is 1. The summed E-state index contributed by atoms with van der Waals surface area (Å²) in [5, 5.41) is 13.8. The van der Waals surface area contributed by atoms with Gasteiger partial charge in [-0.2, -0.15) is 0 Å². The number of benzene rings is 2. The van der Waals surface area contributed by atoms with Crippen molar-refractivity contribution in [1.29, 1.82) is 0 Å². The number of hydrogen-bond donors (Lipinski definition) is 1. The lowest BCUT2D eigenvalue weighted by Gasteiger charge is -2.25.